The van der Waals surface area contributed by atoms with Crippen molar-refractivity contribution in [2.45, 2.75) is 44.9 Å². The Kier molecular flexibility index (Phi) is 4.01. The third-order valence-electron chi connectivity index (χ3n) is 4.13. The van der Waals surface area contributed by atoms with Crippen LogP contribution in [0.1, 0.15) is 30.9 Å². The highest BCUT2D eigenvalue weighted by molar-refractivity contribution is 5.82. The van der Waals surface area contributed by atoms with Crippen LogP contribution in [-0.4, -0.2) is 31.7 Å². The highest BCUT2D eigenvalue weighted by atomic mass is 16.5. The van der Waals surface area contributed by atoms with Crippen LogP contribution < -0.4 is 20.1 Å². The van der Waals surface area contributed by atoms with E-state index in [0.29, 0.717) is 6.54 Å². The fraction of sp³-hybridized carbons (Fsp3) is 0.562. The van der Waals surface area contributed by atoms with E-state index in [1.807, 2.05) is 12.1 Å². The van der Waals surface area contributed by atoms with Gasteiger partial charge in [-0.05, 0) is 38.4 Å². The molecule has 2 N–H and O–H groups in total. The Morgan fingerprint density at radius 1 is 1.52 bits per heavy atom. The van der Waals surface area contributed by atoms with Crippen LogP contribution in [0.4, 0.5) is 0 Å². The van der Waals surface area contributed by atoms with Gasteiger partial charge >= 0.3 is 0 Å². The average Bonchev–Trinajstić information content (AvgIpc) is 3.11. The van der Waals surface area contributed by atoms with Crippen molar-refractivity contribution in [3.8, 4) is 11.5 Å². The topological polar surface area (TPSA) is 59.6 Å². The monoisotopic (exact) mass is 290 g/mol. The van der Waals surface area contributed by atoms with Gasteiger partial charge in [0.2, 0.25) is 5.91 Å². The summed E-state index contributed by atoms with van der Waals surface area (Å²) in [5.74, 6) is 1.78. The number of fused-ring (bicyclic) bond motifs is 1. The second-order valence-corrected chi connectivity index (χ2v) is 5.77. The van der Waals surface area contributed by atoms with E-state index < -0.39 is 0 Å². The molecule has 2 aliphatic heterocycles. The van der Waals surface area contributed by atoms with E-state index in [1.54, 1.807) is 7.11 Å². The van der Waals surface area contributed by atoms with Gasteiger partial charge in [-0.15, -0.1) is 0 Å². The lowest BCUT2D eigenvalue weighted by molar-refractivity contribution is -0.122. The predicted molar refractivity (Wildman–Crippen MR) is 79.7 cm³/mol. The average molecular weight is 290 g/mol. The van der Waals surface area contributed by atoms with E-state index in [2.05, 4.69) is 17.6 Å². The molecule has 2 aliphatic rings. The Morgan fingerprint density at radius 2 is 2.38 bits per heavy atom. The molecule has 21 heavy (non-hydrogen) atoms. The van der Waals surface area contributed by atoms with Crippen molar-refractivity contribution in [1.82, 2.24) is 10.6 Å². The van der Waals surface area contributed by atoms with Crippen LogP contribution in [-0.2, 0) is 17.8 Å². The zero-order chi connectivity index (χ0) is 14.8. The lowest BCUT2D eigenvalue weighted by Crippen LogP contribution is -2.40. The molecule has 0 aliphatic carbocycles. The minimum atomic E-state index is -0.0540. The first-order chi connectivity index (χ1) is 10.2. The van der Waals surface area contributed by atoms with Crippen LogP contribution in [0.25, 0.3) is 0 Å². The van der Waals surface area contributed by atoms with Crippen LogP contribution in [0, 0.1) is 0 Å². The maximum Gasteiger partial charge on any atom is 0.237 e. The maximum absolute atomic E-state index is 12.1. The summed E-state index contributed by atoms with van der Waals surface area (Å²) in [6.45, 7) is 3.44. The van der Waals surface area contributed by atoms with Crippen LogP contribution in [0.15, 0.2) is 12.1 Å². The summed E-state index contributed by atoms with van der Waals surface area (Å²) < 4.78 is 11.2. The van der Waals surface area contributed by atoms with Gasteiger partial charge in [-0.25, -0.2) is 0 Å². The zero-order valence-electron chi connectivity index (χ0n) is 12.6. The second kappa shape index (κ2) is 5.93. The number of amides is 1. The number of carbonyl (C=O) groups excluding carboxylic acids is 1. The smallest absolute Gasteiger partial charge is 0.237 e. The van der Waals surface area contributed by atoms with Gasteiger partial charge in [-0.1, -0.05) is 0 Å². The van der Waals surface area contributed by atoms with E-state index in [-0.39, 0.29) is 18.1 Å². The number of methoxy groups -OCH3 is 1. The summed E-state index contributed by atoms with van der Waals surface area (Å²) in [6, 6.07) is 3.95. The highest BCUT2D eigenvalue weighted by Crippen LogP contribution is 2.34. The minimum Gasteiger partial charge on any atom is -0.496 e. The Bertz CT molecular complexity index is 539. The Labute approximate surface area is 125 Å². The van der Waals surface area contributed by atoms with Crippen molar-refractivity contribution in [3.63, 3.8) is 0 Å². The van der Waals surface area contributed by atoms with Gasteiger partial charge < -0.3 is 20.1 Å². The molecule has 1 aromatic carbocycles. The van der Waals surface area contributed by atoms with Crippen molar-refractivity contribution in [3.05, 3.63) is 23.3 Å². The molecule has 0 spiro atoms. The van der Waals surface area contributed by atoms with E-state index in [9.17, 15) is 4.79 Å². The summed E-state index contributed by atoms with van der Waals surface area (Å²) >= 11 is 0. The third kappa shape index (κ3) is 2.97. The van der Waals surface area contributed by atoms with Crippen LogP contribution >= 0.6 is 0 Å². The van der Waals surface area contributed by atoms with Crippen molar-refractivity contribution in [2.24, 2.45) is 0 Å². The molecule has 5 heteroatoms. The molecule has 0 radical (unpaired) electrons. The molecule has 1 saturated heterocycles. The van der Waals surface area contributed by atoms with Crippen LogP contribution in [0.5, 0.6) is 11.5 Å². The molecule has 0 saturated carbocycles. The molecule has 1 aromatic rings. The summed E-state index contributed by atoms with van der Waals surface area (Å²) in [7, 11) is 1.66. The third-order valence-corrected chi connectivity index (χ3v) is 4.13. The number of rotatable bonds is 4. The first-order valence-electron chi connectivity index (χ1n) is 7.55. The highest BCUT2D eigenvalue weighted by Gasteiger charge is 2.24. The van der Waals surface area contributed by atoms with Crippen LogP contribution in [0.2, 0.25) is 0 Å². The van der Waals surface area contributed by atoms with Gasteiger partial charge in [0.1, 0.15) is 17.6 Å². The standard InChI is InChI=1S/C16H22N2O3/c1-10-6-11-7-14(20-2)12(8-15(11)21-10)9-18-16(19)13-4-3-5-17-13/h7-8,10,13,17H,3-6,9H2,1-2H3,(H,18,19). The number of nitrogens with one attached hydrogen (secondary N) is 2. The Hall–Kier alpha value is -1.75. The largest absolute Gasteiger partial charge is 0.496 e. The van der Waals surface area contributed by atoms with Crippen molar-refractivity contribution >= 4 is 5.91 Å². The van der Waals surface area contributed by atoms with Crippen molar-refractivity contribution in [2.75, 3.05) is 13.7 Å². The number of carbonyl (C=O) groups is 1. The van der Waals surface area contributed by atoms with Gasteiger partial charge in [0.25, 0.3) is 0 Å². The van der Waals surface area contributed by atoms with Crippen molar-refractivity contribution in [1.29, 1.82) is 0 Å². The normalized spacial score (nSPS) is 23.5. The SMILES string of the molecule is COc1cc2c(cc1CNC(=O)C1CCCN1)OC(C)C2. The summed E-state index contributed by atoms with van der Waals surface area (Å²) in [6.07, 6.45) is 3.08. The molecule has 2 unspecified atom stereocenters. The van der Waals surface area contributed by atoms with E-state index >= 15 is 0 Å². The zero-order valence-corrected chi connectivity index (χ0v) is 12.6. The van der Waals surface area contributed by atoms with Gasteiger partial charge in [0, 0.05) is 24.1 Å². The summed E-state index contributed by atoms with van der Waals surface area (Å²) in [5.41, 5.74) is 2.13. The van der Waals surface area contributed by atoms with E-state index in [1.165, 1.54) is 5.56 Å². The van der Waals surface area contributed by atoms with Gasteiger partial charge in [0.05, 0.1) is 13.2 Å². The fourth-order valence-corrected chi connectivity index (χ4v) is 3.02. The van der Waals surface area contributed by atoms with Crippen LogP contribution in [0.3, 0.4) is 0 Å². The lowest BCUT2D eigenvalue weighted by atomic mass is 10.1. The molecule has 1 fully saturated rings. The van der Waals surface area contributed by atoms with Gasteiger partial charge in [-0.3, -0.25) is 4.79 Å². The molecular weight excluding hydrogens is 268 g/mol. The summed E-state index contributed by atoms with van der Waals surface area (Å²) in [5, 5.41) is 6.18. The first kappa shape index (κ1) is 14.2. The summed E-state index contributed by atoms with van der Waals surface area (Å²) in [4.78, 5) is 12.1. The van der Waals surface area contributed by atoms with Gasteiger partial charge in [0.15, 0.2) is 0 Å². The molecule has 114 valence electrons. The maximum atomic E-state index is 12.1. The number of hydrogen-bond donors (Lipinski definition) is 2. The van der Waals surface area contributed by atoms with E-state index in [0.717, 1.165) is 42.9 Å². The molecule has 2 atom stereocenters. The number of ether oxygens (including phenoxy) is 2. The molecule has 2 heterocycles. The Morgan fingerprint density at radius 3 is 3.10 bits per heavy atom. The first-order valence-corrected chi connectivity index (χ1v) is 7.55. The minimum absolute atomic E-state index is 0.0540. The molecular formula is C16H22N2O3. The Balaban J connectivity index is 1.70. The number of hydrogen-bond acceptors (Lipinski definition) is 4. The van der Waals surface area contributed by atoms with Gasteiger partial charge in [-0.2, -0.15) is 0 Å². The molecule has 1 amide bonds. The molecule has 0 bridgehead atoms. The fourth-order valence-electron chi connectivity index (χ4n) is 3.02. The second-order valence-electron chi connectivity index (χ2n) is 5.77. The van der Waals surface area contributed by atoms with E-state index in [4.69, 9.17) is 9.47 Å². The molecule has 0 aromatic heterocycles. The van der Waals surface area contributed by atoms with Crippen molar-refractivity contribution < 1.29 is 14.3 Å². The lowest BCUT2D eigenvalue weighted by Gasteiger charge is -2.14. The predicted octanol–water partition coefficient (Wildman–Crippen LogP) is 1.39. The number of benzene rings is 1. The molecule has 3 rings (SSSR count). The molecule has 5 nitrogen and oxygen atoms in total. The quantitative estimate of drug-likeness (QED) is 0.880.